The summed E-state index contributed by atoms with van der Waals surface area (Å²) in [7, 11) is -4.86. The number of cyclic esters (lactones) is 1. The second kappa shape index (κ2) is 10.8. The van der Waals surface area contributed by atoms with Crippen LogP contribution < -0.4 is 15.7 Å². The lowest BCUT2D eigenvalue weighted by Gasteiger charge is -2.43. The van der Waals surface area contributed by atoms with Crippen LogP contribution in [0.15, 0.2) is 60.7 Å². The molecule has 198 valence electrons. The van der Waals surface area contributed by atoms with E-state index in [1.54, 1.807) is 0 Å². The zero-order valence-electron chi connectivity index (χ0n) is 23.0. The molecule has 0 saturated carbocycles. The number of rotatable bonds is 9. The zero-order valence-corrected chi connectivity index (χ0v) is 25.0. The molecule has 0 unspecified atom stereocenters. The Morgan fingerprint density at radius 3 is 1.83 bits per heavy atom. The summed E-state index contributed by atoms with van der Waals surface area (Å²) in [6.45, 7) is 17.7. The predicted octanol–water partition coefficient (Wildman–Crippen LogP) is 4.42. The summed E-state index contributed by atoms with van der Waals surface area (Å²) in [6, 6.07) is 20.0. The van der Waals surface area contributed by atoms with Crippen LogP contribution in [-0.2, 0) is 13.6 Å². The van der Waals surface area contributed by atoms with Gasteiger partial charge in [0.15, 0.2) is 8.32 Å². The Hall–Kier alpha value is -1.98. The van der Waals surface area contributed by atoms with E-state index < -0.39 is 41.0 Å². The summed E-state index contributed by atoms with van der Waals surface area (Å²) in [5.41, 5.74) is 0. The average molecular weight is 530 g/mol. The van der Waals surface area contributed by atoms with E-state index in [9.17, 15) is 9.90 Å². The number of aliphatic hydroxyl groups excluding tert-OH is 1. The third-order valence-corrected chi connectivity index (χ3v) is 17.2. The second-order valence-corrected chi connectivity index (χ2v) is 21.3. The highest BCUT2D eigenvalue weighted by Crippen LogP contribution is 2.38. The van der Waals surface area contributed by atoms with Gasteiger partial charge >= 0.3 is 6.09 Å². The first-order chi connectivity index (χ1) is 16.7. The summed E-state index contributed by atoms with van der Waals surface area (Å²) in [5, 5.41) is 16.2. The van der Waals surface area contributed by atoms with Crippen molar-refractivity contribution in [1.82, 2.24) is 5.32 Å². The number of carbonyl (C=O) groups is 1. The lowest BCUT2D eigenvalue weighted by atomic mass is 10.1. The fraction of sp³-hybridized carbons (Fsp3) is 0.536. The van der Waals surface area contributed by atoms with Gasteiger partial charge < -0.3 is 24.0 Å². The summed E-state index contributed by atoms with van der Waals surface area (Å²) >= 11 is 0. The molecule has 1 aliphatic rings. The number of amides is 1. The van der Waals surface area contributed by atoms with Gasteiger partial charge in [0, 0.05) is 0 Å². The molecule has 0 aliphatic carbocycles. The molecule has 2 N–H and O–H groups in total. The van der Waals surface area contributed by atoms with E-state index in [4.69, 9.17) is 13.6 Å². The Balaban J connectivity index is 1.86. The molecule has 0 radical (unpaired) electrons. The molecule has 2 aromatic carbocycles. The first kappa shape index (κ1) is 28.6. The number of alkyl carbamates (subject to hydrolysis) is 1. The molecular weight excluding hydrogens is 486 g/mol. The Bertz CT molecular complexity index is 963. The molecule has 3 rings (SSSR count). The maximum Gasteiger partial charge on any atom is 0.408 e. The predicted molar refractivity (Wildman–Crippen MR) is 150 cm³/mol. The molecule has 3 atom stereocenters. The fourth-order valence-corrected chi connectivity index (χ4v) is 10.1. The van der Waals surface area contributed by atoms with Gasteiger partial charge in [-0.05, 0) is 33.5 Å². The molecule has 1 heterocycles. The van der Waals surface area contributed by atoms with Crippen LogP contribution in [0.25, 0.3) is 0 Å². The Morgan fingerprint density at radius 2 is 1.39 bits per heavy atom. The van der Waals surface area contributed by atoms with Gasteiger partial charge in [-0.2, -0.15) is 0 Å². The highest BCUT2D eigenvalue weighted by atomic mass is 28.4. The van der Waals surface area contributed by atoms with Gasteiger partial charge in [0.25, 0.3) is 8.32 Å². The molecule has 8 heteroatoms. The van der Waals surface area contributed by atoms with Crippen LogP contribution in [0.5, 0.6) is 0 Å². The van der Waals surface area contributed by atoms with Gasteiger partial charge in [-0.15, -0.1) is 0 Å². The maximum atomic E-state index is 12.2. The number of benzene rings is 2. The van der Waals surface area contributed by atoms with Gasteiger partial charge in [-0.3, -0.25) is 0 Å². The average Bonchev–Trinajstić information content (AvgIpc) is 3.18. The highest BCUT2D eigenvalue weighted by molar-refractivity contribution is 6.99. The van der Waals surface area contributed by atoms with Crippen molar-refractivity contribution in [3.63, 3.8) is 0 Å². The van der Waals surface area contributed by atoms with Crippen molar-refractivity contribution in [3.05, 3.63) is 60.7 Å². The normalized spacial score (nSPS) is 20.1. The third kappa shape index (κ3) is 5.94. The maximum absolute atomic E-state index is 12.2. The van der Waals surface area contributed by atoms with Gasteiger partial charge in [0.1, 0.15) is 12.2 Å². The van der Waals surface area contributed by atoms with Crippen LogP contribution in [-0.4, -0.2) is 59.3 Å². The number of nitrogens with one attached hydrogen (secondary N) is 1. The van der Waals surface area contributed by atoms with Crippen molar-refractivity contribution >= 4 is 33.1 Å². The van der Waals surface area contributed by atoms with Crippen LogP contribution in [0.2, 0.25) is 23.2 Å². The topological polar surface area (TPSA) is 77.0 Å². The second-order valence-electron chi connectivity index (χ2n) is 12.2. The van der Waals surface area contributed by atoms with E-state index in [1.807, 2.05) is 36.4 Å². The van der Waals surface area contributed by atoms with E-state index in [1.165, 1.54) is 0 Å². The molecule has 6 nitrogen and oxygen atoms in total. The molecule has 1 fully saturated rings. The molecule has 0 bridgehead atoms. The molecule has 2 aromatic rings. The minimum absolute atomic E-state index is 0.0313. The SMILES string of the molecule is CC(C)(C)[Si](C)(C)OC[C@H]1OC(=O)N[C@@H]1[C@@H](O)CO[Si](c1ccccc1)(c1ccccc1)C(C)(C)C. The van der Waals surface area contributed by atoms with Crippen molar-refractivity contribution in [3.8, 4) is 0 Å². The summed E-state index contributed by atoms with van der Waals surface area (Å²) in [6.07, 6.45) is -2.07. The van der Waals surface area contributed by atoms with Gasteiger partial charge in [0.2, 0.25) is 0 Å². The zero-order chi connectivity index (χ0) is 26.8. The van der Waals surface area contributed by atoms with Crippen molar-refractivity contribution in [1.29, 1.82) is 0 Å². The van der Waals surface area contributed by atoms with E-state index in [0.29, 0.717) is 0 Å². The minimum Gasteiger partial charge on any atom is -0.442 e. The smallest absolute Gasteiger partial charge is 0.408 e. The Kier molecular flexibility index (Phi) is 8.57. The summed E-state index contributed by atoms with van der Waals surface area (Å²) < 4.78 is 18.7. The molecule has 0 aromatic heterocycles. The lowest BCUT2D eigenvalue weighted by molar-refractivity contribution is 0.0242. The number of hydrogen-bond acceptors (Lipinski definition) is 5. The van der Waals surface area contributed by atoms with Crippen molar-refractivity contribution < 1.29 is 23.5 Å². The van der Waals surface area contributed by atoms with Crippen LogP contribution in [0.4, 0.5) is 4.79 Å². The van der Waals surface area contributed by atoms with Crippen LogP contribution in [0.1, 0.15) is 41.5 Å². The first-order valence-electron chi connectivity index (χ1n) is 12.7. The van der Waals surface area contributed by atoms with Gasteiger partial charge in [-0.25, -0.2) is 4.79 Å². The summed E-state index contributed by atoms with van der Waals surface area (Å²) in [5.74, 6) is 0. The van der Waals surface area contributed by atoms with Crippen molar-refractivity contribution in [2.24, 2.45) is 0 Å². The molecular formula is C28H43NO5Si2. The Morgan fingerprint density at radius 1 is 0.889 bits per heavy atom. The van der Waals surface area contributed by atoms with E-state index in [-0.39, 0.29) is 23.3 Å². The molecule has 1 amide bonds. The molecule has 36 heavy (non-hydrogen) atoms. The number of carbonyl (C=O) groups excluding carboxylic acids is 1. The van der Waals surface area contributed by atoms with E-state index >= 15 is 0 Å². The molecule has 0 spiro atoms. The monoisotopic (exact) mass is 529 g/mol. The number of aliphatic hydroxyl groups is 1. The molecule has 1 aliphatic heterocycles. The van der Waals surface area contributed by atoms with Crippen LogP contribution >= 0.6 is 0 Å². The van der Waals surface area contributed by atoms with Gasteiger partial charge in [0.05, 0.1) is 19.3 Å². The quantitative estimate of drug-likeness (QED) is 0.470. The van der Waals surface area contributed by atoms with Crippen molar-refractivity contribution in [2.45, 2.75) is 83.0 Å². The number of hydrogen-bond donors (Lipinski definition) is 2. The van der Waals surface area contributed by atoms with E-state index in [0.717, 1.165) is 10.4 Å². The standard InChI is InChI=1S/C28H43NO5Si2/c1-27(2,3)35(7,8)32-20-24-25(29-26(31)34-24)23(30)19-33-36(28(4,5)6,21-15-11-9-12-16-21)22-17-13-10-14-18-22/h9-18,23-25,30H,19-20H2,1-8H3,(H,29,31)/t23-,24+,25+/m0/s1. The lowest BCUT2D eigenvalue weighted by Crippen LogP contribution is -2.67. The molecule has 1 saturated heterocycles. The van der Waals surface area contributed by atoms with Gasteiger partial charge in [-0.1, -0.05) is 102 Å². The highest BCUT2D eigenvalue weighted by Gasteiger charge is 2.51. The van der Waals surface area contributed by atoms with Crippen LogP contribution in [0.3, 0.4) is 0 Å². The first-order valence-corrected chi connectivity index (χ1v) is 17.5. The fourth-order valence-electron chi connectivity index (χ4n) is 4.54. The van der Waals surface area contributed by atoms with E-state index in [2.05, 4.69) is 84.2 Å². The van der Waals surface area contributed by atoms with Crippen LogP contribution in [0, 0.1) is 0 Å². The largest absolute Gasteiger partial charge is 0.442 e. The Labute approximate surface area is 218 Å². The minimum atomic E-state index is -2.81. The third-order valence-electron chi connectivity index (χ3n) is 7.66. The number of ether oxygens (including phenoxy) is 1. The van der Waals surface area contributed by atoms with Crippen molar-refractivity contribution in [2.75, 3.05) is 13.2 Å². The summed E-state index contributed by atoms with van der Waals surface area (Å²) in [4.78, 5) is 12.2.